The van der Waals surface area contributed by atoms with E-state index in [2.05, 4.69) is 50.1 Å². The van der Waals surface area contributed by atoms with Crippen LogP contribution in [0.5, 0.6) is 5.88 Å². The minimum absolute atomic E-state index is 0. The van der Waals surface area contributed by atoms with Crippen molar-refractivity contribution in [3.8, 4) is 5.88 Å². The van der Waals surface area contributed by atoms with Gasteiger partial charge in [0, 0.05) is 16.8 Å². The normalized spacial score (nSPS) is 6.79. The second kappa shape index (κ2) is 38.6. The number of rotatable bonds is 7. The fourth-order valence-corrected chi connectivity index (χ4v) is 2.10. The second-order valence-electron chi connectivity index (χ2n) is 5.33. The van der Waals surface area contributed by atoms with E-state index in [4.69, 9.17) is 32.6 Å². The van der Waals surface area contributed by atoms with Gasteiger partial charge in [-0.05, 0) is 23.3 Å². The second-order valence-corrected chi connectivity index (χ2v) is 5.33. The van der Waals surface area contributed by atoms with Crippen LogP contribution in [0, 0.1) is 58.6 Å². The maximum Gasteiger partial charge on any atom is 2.00 e. The van der Waals surface area contributed by atoms with Gasteiger partial charge in [0.2, 0.25) is 5.88 Å². The summed E-state index contributed by atoms with van der Waals surface area (Å²) < 4.78 is 63.4. The molecule has 0 spiro atoms. The predicted molar refractivity (Wildman–Crippen MR) is 115 cm³/mol. The molecule has 1 heterocycles. The number of aromatic nitrogens is 2. The fourth-order valence-electron chi connectivity index (χ4n) is 2.10. The van der Waals surface area contributed by atoms with E-state index in [0.29, 0.717) is 23.7 Å². The Balaban J connectivity index is -0.000000172. The average molecular weight is 620 g/mol. The summed E-state index contributed by atoms with van der Waals surface area (Å²) >= 11 is 0. The van der Waals surface area contributed by atoms with E-state index in [1.165, 1.54) is 12.1 Å². The third kappa shape index (κ3) is 24.2. The first-order chi connectivity index (χ1) is 18.2. The molecule has 3 aromatic rings. The van der Waals surface area contributed by atoms with Crippen LogP contribution in [0.2, 0.25) is 0 Å². The molecule has 0 amide bonds. The number of halogens is 1. The average Bonchev–Trinajstić information content (AvgIpc) is 3.02. The Kier molecular flexibility index (Phi) is 47.8. The van der Waals surface area contributed by atoms with E-state index in [1.54, 1.807) is 36.4 Å². The van der Waals surface area contributed by atoms with Crippen molar-refractivity contribution >= 4 is 6.29 Å². The van der Waals surface area contributed by atoms with Crippen LogP contribution in [0.15, 0.2) is 60.7 Å². The summed E-state index contributed by atoms with van der Waals surface area (Å²) in [5.41, 5.74) is 3.14. The molecule has 1 aromatic heterocycles. The van der Waals surface area contributed by atoms with Crippen LogP contribution in [-0.4, -0.2) is 16.5 Å². The van der Waals surface area contributed by atoms with Crippen LogP contribution in [0.4, 0.5) is 4.39 Å². The zero-order valence-corrected chi connectivity index (χ0v) is 21.5. The summed E-state index contributed by atoms with van der Waals surface area (Å²) in [5.74, 6) is 0.122. The summed E-state index contributed by atoms with van der Waals surface area (Å²) in [6, 6.07) is 16.8. The zero-order chi connectivity index (χ0) is 29.5. The van der Waals surface area contributed by atoms with Crippen molar-refractivity contribution in [2.45, 2.75) is 6.61 Å². The zero-order valence-electron chi connectivity index (χ0n) is 19.4. The van der Waals surface area contributed by atoms with E-state index < -0.39 is 0 Å². The third-order valence-corrected chi connectivity index (χ3v) is 3.48. The van der Waals surface area contributed by atoms with Gasteiger partial charge in [-0.3, -0.25) is 4.79 Å². The van der Waals surface area contributed by atoms with Crippen molar-refractivity contribution in [2.24, 2.45) is 0 Å². The Morgan fingerprint density at radius 3 is 1.62 bits per heavy atom. The molecule has 0 saturated heterocycles. The Labute approximate surface area is 245 Å². The fraction of sp³-hybridized carbons (Fsp3) is 0.0385. The van der Waals surface area contributed by atoms with Crippen molar-refractivity contribution in [3.05, 3.63) is 142 Å². The molecule has 0 N–H and O–H groups in total. The molecule has 0 aliphatic heterocycles. The molecule has 39 heavy (non-hydrogen) atoms. The van der Waals surface area contributed by atoms with Gasteiger partial charge in [0.15, 0.2) is 0 Å². The van der Waals surface area contributed by atoms with Gasteiger partial charge in [-0.1, -0.05) is 23.9 Å². The monoisotopic (exact) mass is 620 g/mol. The number of benzene rings is 2. The van der Waals surface area contributed by atoms with Gasteiger partial charge in [-0.15, -0.1) is 17.2 Å². The molecule has 0 aliphatic rings. The molecule has 0 saturated carbocycles. The number of hydrogen-bond acceptors (Lipinski definition) is 4. The van der Waals surface area contributed by atoms with E-state index in [-0.39, 0.29) is 39.4 Å². The molecule has 0 atom stereocenters. The summed E-state index contributed by atoms with van der Waals surface area (Å²) in [5, 5.41) is 8.08. The molecule has 0 aliphatic carbocycles. The quantitative estimate of drug-likeness (QED) is 0.223. The van der Waals surface area contributed by atoms with E-state index in [0.717, 1.165) is 17.4 Å². The maximum absolute atomic E-state index is 12.8. The summed E-state index contributed by atoms with van der Waals surface area (Å²) in [4.78, 5) is 10.6. The molecule has 3 rings (SSSR count). The minimum Gasteiger partial charge on any atom is 0 e. The minimum atomic E-state index is -0.277. The molecule has 202 valence electrons. The van der Waals surface area contributed by atoms with Gasteiger partial charge < -0.3 is 4.74 Å². The Bertz CT molecular complexity index is 1050. The molecule has 0 unspecified atom stereocenters. The van der Waals surface area contributed by atoms with Gasteiger partial charge in [0.1, 0.15) is 18.7 Å². The molecule has 2 aromatic carbocycles. The Hall–Kier alpha value is -3.89. The summed E-state index contributed by atoms with van der Waals surface area (Å²) in [7, 11) is 0. The van der Waals surface area contributed by atoms with Gasteiger partial charge in [-0.25, -0.2) is 22.8 Å². The Morgan fingerprint density at radius 2 is 1.21 bits per heavy atom. The van der Waals surface area contributed by atoms with Crippen molar-refractivity contribution in [1.82, 2.24) is 10.2 Å². The third-order valence-electron chi connectivity index (χ3n) is 3.48. The molecule has 10 nitrogen and oxygen atoms in total. The first-order valence-corrected chi connectivity index (χ1v) is 8.90. The molecule has 13 heteroatoms. The van der Waals surface area contributed by atoms with Crippen LogP contribution >= 0.6 is 0 Å². The van der Waals surface area contributed by atoms with Gasteiger partial charge >= 0.3 is 84.6 Å². The number of aldehydes is 1. The first kappa shape index (κ1) is 48.2. The van der Waals surface area contributed by atoms with Crippen LogP contribution in [0.1, 0.15) is 27.2 Å². The molecular weight excluding hydrogens is 605 g/mol. The number of nitrogens with zero attached hydrogens (tertiary/aromatic N) is 2. The van der Waals surface area contributed by atoms with Crippen LogP contribution < -0.4 is 4.74 Å². The van der Waals surface area contributed by atoms with Crippen molar-refractivity contribution in [1.29, 1.82) is 0 Å². The molecule has 0 fully saturated rings. The molecular formula is C26H15Co2FN2O8. The standard InChI is InChI=1S/C20H15FN2O2.6CO.2Co/c21-18-8-5-17(6-9-18)14-25-20-12-11-19(22-23-20)10-7-15-1-3-16(13-24)4-2-15;6*1-2;;/h1-13H,14H2;;;;;;;;/q-2;;;;;;;;+2. The summed E-state index contributed by atoms with van der Waals surface area (Å²) in [6.07, 6.45) is 4.52. The number of hydrogen-bond donors (Lipinski definition) is 0. The van der Waals surface area contributed by atoms with Crippen molar-refractivity contribution in [3.63, 3.8) is 0 Å². The number of carbonyl (C=O) groups is 1. The van der Waals surface area contributed by atoms with Gasteiger partial charge in [-0.2, -0.15) is 23.3 Å². The van der Waals surface area contributed by atoms with Gasteiger partial charge in [0.05, 0.1) is 0 Å². The largest absolute Gasteiger partial charge is 2.00 e. The van der Waals surface area contributed by atoms with Crippen LogP contribution in [-0.2, 0) is 68.1 Å². The van der Waals surface area contributed by atoms with E-state index >= 15 is 0 Å². The SMILES string of the molecule is O=Cc1ccc([CH-][CH-]c2ccc(OCc3ccc(F)cc3)nn2)cc1.[C-]#[O+].[C-]#[O+].[C-]#[O+].[C-]#[O+].[C-]#[O+].[C-]#[O+].[Co+2].[Co]. The van der Waals surface area contributed by atoms with Crippen LogP contribution in [0.3, 0.4) is 0 Å². The van der Waals surface area contributed by atoms with Gasteiger partial charge in [0.25, 0.3) is 0 Å². The predicted octanol–water partition coefficient (Wildman–Crippen LogP) is 3.58. The first-order valence-electron chi connectivity index (χ1n) is 8.90. The van der Waals surface area contributed by atoms with E-state index in [9.17, 15) is 9.18 Å². The Morgan fingerprint density at radius 1 is 0.718 bits per heavy atom. The maximum atomic E-state index is 12.8. The molecule has 2 radical (unpaired) electrons. The number of ether oxygens (including phenoxy) is 1. The summed E-state index contributed by atoms with van der Waals surface area (Å²) in [6.45, 7) is 27.3. The van der Waals surface area contributed by atoms with Crippen molar-refractivity contribution < 1.29 is 75.4 Å². The van der Waals surface area contributed by atoms with E-state index in [1.807, 2.05) is 25.0 Å². The molecule has 0 bridgehead atoms. The topological polar surface area (TPSA) is 171 Å². The smallest absolute Gasteiger partial charge is 0 e. The number of carbonyl (C=O) groups excluding carboxylic acids is 1. The van der Waals surface area contributed by atoms with Crippen LogP contribution in [0.25, 0.3) is 0 Å². The van der Waals surface area contributed by atoms with Crippen molar-refractivity contribution in [2.75, 3.05) is 0 Å².